The number of hydrogen-bond donors (Lipinski definition) is 1. The molecular formula is C19H33NO2. The average Bonchev–Trinajstić information content (AvgIpc) is 2.53. The van der Waals surface area contributed by atoms with Gasteiger partial charge in [0.15, 0.2) is 11.5 Å². The molecule has 0 atom stereocenters. The normalized spacial score (nSPS) is 10.7. The summed E-state index contributed by atoms with van der Waals surface area (Å²) >= 11 is 0. The van der Waals surface area contributed by atoms with Gasteiger partial charge in [-0.3, -0.25) is 0 Å². The summed E-state index contributed by atoms with van der Waals surface area (Å²) in [6.07, 6.45) is 8.04. The molecule has 0 aliphatic heterocycles. The lowest BCUT2D eigenvalue weighted by Gasteiger charge is -2.13. The second kappa shape index (κ2) is 12.3. The number of benzene rings is 1. The van der Waals surface area contributed by atoms with Crippen molar-refractivity contribution in [3.8, 4) is 11.5 Å². The van der Waals surface area contributed by atoms with E-state index in [1.807, 2.05) is 19.9 Å². The van der Waals surface area contributed by atoms with Crippen molar-refractivity contribution < 1.29 is 9.47 Å². The SMILES string of the molecule is CCCCCCCCNCc1ccc(OCC)c(OCC)c1. The van der Waals surface area contributed by atoms with Gasteiger partial charge in [0.05, 0.1) is 13.2 Å². The van der Waals surface area contributed by atoms with E-state index in [2.05, 4.69) is 24.4 Å². The Morgan fingerprint density at radius 1 is 0.818 bits per heavy atom. The van der Waals surface area contributed by atoms with Crippen molar-refractivity contribution in [2.75, 3.05) is 19.8 Å². The van der Waals surface area contributed by atoms with E-state index in [0.29, 0.717) is 13.2 Å². The Labute approximate surface area is 136 Å². The summed E-state index contributed by atoms with van der Waals surface area (Å²) in [6.45, 7) is 9.55. The first-order valence-corrected chi connectivity index (χ1v) is 8.91. The van der Waals surface area contributed by atoms with Crippen molar-refractivity contribution in [1.29, 1.82) is 0 Å². The van der Waals surface area contributed by atoms with Crippen LogP contribution in [0.2, 0.25) is 0 Å². The lowest BCUT2D eigenvalue weighted by atomic mass is 10.1. The number of hydrogen-bond acceptors (Lipinski definition) is 3. The summed E-state index contributed by atoms with van der Waals surface area (Å²) in [5.41, 5.74) is 1.25. The summed E-state index contributed by atoms with van der Waals surface area (Å²) in [5.74, 6) is 1.69. The lowest BCUT2D eigenvalue weighted by molar-refractivity contribution is 0.287. The van der Waals surface area contributed by atoms with Crippen LogP contribution in [0.25, 0.3) is 0 Å². The van der Waals surface area contributed by atoms with Crippen LogP contribution in [0.3, 0.4) is 0 Å². The van der Waals surface area contributed by atoms with Crippen molar-refractivity contribution >= 4 is 0 Å². The predicted molar refractivity (Wildman–Crippen MR) is 93.9 cm³/mol. The summed E-state index contributed by atoms with van der Waals surface area (Å²) < 4.78 is 11.2. The molecule has 0 unspecified atom stereocenters. The van der Waals surface area contributed by atoms with E-state index in [4.69, 9.17) is 9.47 Å². The van der Waals surface area contributed by atoms with Gasteiger partial charge in [-0.25, -0.2) is 0 Å². The molecule has 0 spiro atoms. The Hall–Kier alpha value is -1.22. The fourth-order valence-electron chi connectivity index (χ4n) is 2.47. The van der Waals surface area contributed by atoms with Crippen LogP contribution in [0.1, 0.15) is 64.9 Å². The molecule has 0 amide bonds. The number of nitrogens with one attached hydrogen (secondary N) is 1. The standard InChI is InChI=1S/C19H33NO2/c1-4-7-8-9-10-11-14-20-16-17-12-13-18(21-5-2)19(15-17)22-6-3/h12-13,15,20H,4-11,14,16H2,1-3H3. The van der Waals surface area contributed by atoms with Crippen molar-refractivity contribution in [3.05, 3.63) is 23.8 Å². The molecule has 0 bridgehead atoms. The maximum atomic E-state index is 5.66. The minimum atomic E-state index is 0.661. The van der Waals surface area contributed by atoms with Gasteiger partial charge >= 0.3 is 0 Å². The van der Waals surface area contributed by atoms with E-state index in [-0.39, 0.29) is 0 Å². The molecule has 0 radical (unpaired) electrons. The quantitative estimate of drug-likeness (QED) is 0.524. The molecule has 1 aromatic carbocycles. The van der Waals surface area contributed by atoms with Gasteiger partial charge in [-0.1, -0.05) is 45.1 Å². The first-order chi connectivity index (χ1) is 10.8. The molecule has 0 aliphatic rings. The van der Waals surface area contributed by atoms with Gasteiger partial charge in [-0.05, 0) is 44.5 Å². The molecular weight excluding hydrogens is 274 g/mol. The zero-order valence-corrected chi connectivity index (χ0v) is 14.6. The van der Waals surface area contributed by atoms with E-state index in [9.17, 15) is 0 Å². The molecule has 0 aliphatic carbocycles. The van der Waals surface area contributed by atoms with Gasteiger partial charge < -0.3 is 14.8 Å². The van der Waals surface area contributed by atoms with Gasteiger partial charge in [0.1, 0.15) is 0 Å². The van der Waals surface area contributed by atoms with Crippen molar-refractivity contribution in [2.45, 2.75) is 65.8 Å². The molecule has 0 saturated carbocycles. The zero-order valence-electron chi connectivity index (χ0n) is 14.6. The molecule has 1 N–H and O–H groups in total. The fraction of sp³-hybridized carbons (Fsp3) is 0.684. The highest BCUT2D eigenvalue weighted by Crippen LogP contribution is 2.28. The summed E-state index contributed by atoms with van der Waals surface area (Å²) in [4.78, 5) is 0. The van der Waals surface area contributed by atoms with E-state index in [0.717, 1.165) is 24.6 Å². The van der Waals surface area contributed by atoms with Crippen LogP contribution in [0, 0.1) is 0 Å². The molecule has 1 aromatic rings. The molecule has 0 heterocycles. The van der Waals surface area contributed by atoms with Gasteiger partial charge in [0.25, 0.3) is 0 Å². The highest BCUT2D eigenvalue weighted by Gasteiger charge is 2.05. The molecule has 0 aromatic heterocycles. The van der Waals surface area contributed by atoms with Gasteiger partial charge in [0, 0.05) is 6.54 Å². The van der Waals surface area contributed by atoms with Crippen LogP contribution in [-0.2, 0) is 6.54 Å². The van der Waals surface area contributed by atoms with Crippen molar-refractivity contribution in [2.24, 2.45) is 0 Å². The van der Waals surface area contributed by atoms with Crippen molar-refractivity contribution in [1.82, 2.24) is 5.32 Å². The van der Waals surface area contributed by atoms with Crippen LogP contribution >= 0.6 is 0 Å². The monoisotopic (exact) mass is 307 g/mol. The minimum absolute atomic E-state index is 0.661. The fourth-order valence-corrected chi connectivity index (χ4v) is 2.47. The van der Waals surface area contributed by atoms with Crippen LogP contribution in [0.15, 0.2) is 18.2 Å². The maximum absolute atomic E-state index is 5.66. The Morgan fingerprint density at radius 3 is 2.23 bits per heavy atom. The molecule has 3 heteroatoms. The smallest absolute Gasteiger partial charge is 0.161 e. The Kier molecular flexibility index (Phi) is 10.6. The third-order valence-electron chi connectivity index (χ3n) is 3.64. The van der Waals surface area contributed by atoms with Gasteiger partial charge in [-0.15, -0.1) is 0 Å². The predicted octanol–water partition coefficient (Wildman–Crippen LogP) is 4.93. The van der Waals surface area contributed by atoms with Crippen LogP contribution in [0.5, 0.6) is 11.5 Å². The highest BCUT2D eigenvalue weighted by molar-refractivity contribution is 5.43. The first kappa shape index (κ1) is 18.8. The van der Waals surface area contributed by atoms with Crippen LogP contribution in [0.4, 0.5) is 0 Å². The first-order valence-electron chi connectivity index (χ1n) is 8.91. The van der Waals surface area contributed by atoms with Gasteiger partial charge in [-0.2, -0.15) is 0 Å². The minimum Gasteiger partial charge on any atom is -0.490 e. The van der Waals surface area contributed by atoms with E-state index in [1.165, 1.54) is 44.1 Å². The topological polar surface area (TPSA) is 30.5 Å². The number of rotatable bonds is 13. The zero-order chi connectivity index (χ0) is 16.0. The maximum Gasteiger partial charge on any atom is 0.161 e. The average molecular weight is 307 g/mol. The van der Waals surface area contributed by atoms with E-state index in [1.54, 1.807) is 0 Å². The molecule has 3 nitrogen and oxygen atoms in total. The largest absolute Gasteiger partial charge is 0.490 e. The summed E-state index contributed by atoms with van der Waals surface area (Å²) in [5, 5.41) is 3.52. The van der Waals surface area contributed by atoms with E-state index >= 15 is 0 Å². The number of unbranched alkanes of at least 4 members (excludes halogenated alkanes) is 5. The third kappa shape index (κ3) is 7.69. The van der Waals surface area contributed by atoms with Gasteiger partial charge in [0.2, 0.25) is 0 Å². The Bertz CT molecular complexity index is 393. The van der Waals surface area contributed by atoms with Crippen molar-refractivity contribution in [3.63, 3.8) is 0 Å². The Morgan fingerprint density at radius 2 is 1.50 bits per heavy atom. The second-order valence-electron chi connectivity index (χ2n) is 5.59. The van der Waals surface area contributed by atoms with Crippen LogP contribution < -0.4 is 14.8 Å². The molecule has 1 rings (SSSR count). The molecule has 0 fully saturated rings. The Balaban J connectivity index is 2.29. The molecule has 126 valence electrons. The highest BCUT2D eigenvalue weighted by atomic mass is 16.5. The second-order valence-corrected chi connectivity index (χ2v) is 5.59. The molecule has 0 saturated heterocycles. The number of ether oxygens (including phenoxy) is 2. The van der Waals surface area contributed by atoms with E-state index < -0.39 is 0 Å². The summed E-state index contributed by atoms with van der Waals surface area (Å²) in [6, 6.07) is 6.21. The molecule has 22 heavy (non-hydrogen) atoms. The van der Waals surface area contributed by atoms with Crippen LogP contribution in [-0.4, -0.2) is 19.8 Å². The lowest BCUT2D eigenvalue weighted by Crippen LogP contribution is -2.14. The summed E-state index contributed by atoms with van der Waals surface area (Å²) in [7, 11) is 0. The third-order valence-corrected chi connectivity index (χ3v) is 3.64.